The molecule has 35 heavy (non-hydrogen) atoms. The Morgan fingerprint density at radius 2 is 1.86 bits per heavy atom. The normalized spacial score (nSPS) is 41.9. The third-order valence-electron chi connectivity index (χ3n) is 8.59. The van der Waals surface area contributed by atoms with Gasteiger partial charge >= 0.3 is 0 Å². The summed E-state index contributed by atoms with van der Waals surface area (Å²) in [6.07, 6.45) is 20.4. The van der Waals surface area contributed by atoms with E-state index in [4.69, 9.17) is 0 Å². The lowest BCUT2D eigenvalue weighted by molar-refractivity contribution is -0.118. The molecule has 6 nitrogen and oxygen atoms in total. The van der Waals surface area contributed by atoms with Crippen molar-refractivity contribution in [2.75, 3.05) is 6.54 Å². The average Bonchev–Trinajstić information content (AvgIpc) is 3.43. The molecule has 0 unspecified atom stereocenters. The number of ketones is 1. The van der Waals surface area contributed by atoms with Crippen molar-refractivity contribution in [3.63, 3.8) is 0 Å². The van der Waals surface area contributed by atoms with Gasteiger partial charge in [-0.1, -0.05) is 56.7 Å². The maximum atomic E-state index is 12.6. The van der Waals surface area contributed by atoms with Gasteiger partial charge in [-0.3, -0.25) is 14.4 Å². The molecule has 0 aromatic rings. The summed E-state index contributed by atoms with van der Waals surface area (Å²) >= 11 is 0. The van der Waals surface area contributed by atoms with Gasteiger partial charge in [0.1, 0.15) is 11.3 Å². The maximum Gasteiger partial charge on any atom is 0.259 e. The molecule has 0 aromatic carbocycles. The molecule has 2 amide bonds. The molecular weight excluding hydrogens is 440 g/mol. The lowest BCUT2D eigenvalue weighted by Crippen LogP contribution is -2.30. The largest absolute Gasteiger partial charge is 0.507 e. The number of rotatable bonds is 1. The molecule has 6 heteroatoms. The van der Waals surface area contributed by atoms with Gasteiger partial charge in [0.15, 0.2) is 5.78 Å². The van der Waals surface area contributed by atoms with Crippen LogP contribution in [0, 0.1) is 35.5 Å². The molecule has 7 atom stereocenters. The molecular formula is C29H38N2O4. The van der Waals surface area contributed by atoms with Crippen molar-refractivity contribution in [1.29, 1.82) is 0 Å². The topological polar surface area (TPSA) is 95.5 Å². The van der Waals surface area contributed by atoms with Crippen LogP contribution in [0.15, 0.2) is 59.9 Å². The Morgan fingerprint density at radius 3 is 2.66 bits per heavy atom. The fourth-order valence-corrected chi connectivity index (χ4v) is 6.90. The van der Waals surface area contributed by atoms with E-state index in [0.717, 1.165) is 18.3 Å². The van der Waals surface area contributed by atoms with Gasteiger partial charge in [-0.2, -0.15) is 0 Å². The summed E-state index contributed by atoms with van der Waals surface area (Å²) in [6.45, 7) is 5.12. The lowest BCUT2D eigenvalue weighted by atomic mass is 9.78. The summed E-state index contributed by atoms with van der Waals surface area (Å²) in [6, 6.07) is -0.669. The Morgan fingerprint density at radius 1 is 1.06 bits per heavy atom. The fourth-order valence-electron chi connectivity index (χ4n) is 6.90. The van der Waals surface area contributed by atoms with Crippen LogP contribution in [0.5, 0.6) is 0 Å². The number of amides is 2. The predicted octanol–water partition coefficient (Wildman–Crippen LogP) is 4.33. The molecule has 0 spiro atoms. The third kappa shape index (κ3) is 5.52. The minimum Gasteiger partial charge on any atom is -0.507 e. The molecule has 4 aliphatic rings. The zero-order valence-electron chi connectivity index (χ0n) is 20.8. The number of hydrogen-bond acceptors (Lipinski definition) is 4. The van der Waals surface area contributed by atoms with Gasteiger partial charge in [-0.05, 0) is 73.7 Å². The summed E-state index contributed by atoms with van der Waals surface area (Å²) in [5, 5.41) is 15.9. The van der Waals surface area contributed by atoms with Crippen molar-refractivity contribution in [3.05, 3.63) is 59.9 Å². The van der Waals surface area contributed by atoms with Crippen LogP contribution in [0.1, 0.15) is 52.4 Å². The van der Waals surface area contributed by atoms with Gasteiger partial charge in [0.25, 0.3) is 5.91 Å². The van der Waals surface area contributed by atoms with Gasteiger partial charge in [0.2, 0.25) is 5.91 Å². The second kappa shape index (κ2) is 11.2. The zero-order valence-corrected chi connectivity index (χ0v) is 20.8. The molecule has 2 aliphatic heterocycles. The maximum absolute atomic E-state index is 12.6. The molecule has 0 radical (unpaired) electrons. The second-order valence-electron chi connectivity index (χ2n) is 10.5. The first kappa shape index (κ1) is 25.2. The van der Waals surface area contributed by atoms with Crippen molar-refractivity contribution in [2.45, 2.75) is 58.4 Å². The van der Waals surface area contributed by atoms with E-state index in [0.29, 0.717) is 43.1 Å². The van der Waals surface area contributed by atoms with Gasteiger partial charge in [0, 0.05) is 12.6 Å². The monoisotopic (exact) mass is 478 g/mol. The number of aliphatic hydroxyl groups is 1. The third-order valence-corrected chi connectivity index (χ3v) is 8.59. The standard InChI is InChI=1S/C29H38N2O4/c1-3-19-16-21-17-20-10-7-8-14-25(33)30-15-9-12-23-28(34)27(29(35)31-23)24(32)13-6-4-5-11-22(20)26(21)18(19)2/h4-8,10,13-14,18-23,26,32H,3,9,11-12,15-17H2,1-2H3,(H,30,33)(H,31,35)/b5-4+,10-7+,13-6+,14-8+,27-24-/t18-,19+,20-,21+,22+,23+,26+/m1/s1. The molecule has 2 heterocycles. The summed E-state index contributed by atoms with van der Waals surface area (Å²) < 4.78 is 0. The van der Waals surface area contributed by atoms with Crippen molar-refractivity contribution < 1.29 is 19.5 Å². The van der Waals surface area contributed by atoms with Crippen LogP contribution >= 0.6 is 0 Å². The Bertz CT molecular complexity index is 989. The van der Waals surface area contributed by atoms with Crippen LogP contribution in [0.4, 0.5) is 0 Å². The Labute approximate surface area is 208 Å². The van der Waals surface area contributed by atoms with Crippen LogP contribution in [0.25, 0.3) is 0 Å². The molecule has 3 N–H and O–H groups in total. The first-order valence-corrected chi connectivity index (χ1v) is 13.1. The SMILES string of the molecule is CC[C@H]1C[C@H]2C[C@H]3/C=C/C=C/C(=O)NCCC[C@@H]4NC(=O)/C(=C(O)/C=C/C=C/C[C@@H]3[C@H]2[C@@H]1C)C4=O. The average molecular weight is 479 g/mol. The van der Waals surface area contributed by atoms with E-state index in [1.54, 1.807) is 12.2 Å². The van der Waals surface area contributed by atoms with Crippen LogP contribution < -0.4 is 10.6 Å². The van der Waals surface area contributed by atoms with Crippen LogP contribution in [0.3, 0.4) is 0 Å². The van der Waals surface area contributed by atoms with E-state index in [9.17, 15) is 19.5 Å². The van der Waals surface area contributed by atoms with Crippen molar-refractivity contribution in [2.24, 2.45) is 35.5 Å². The number of nitrogens with one attached hydrogen (secondary N) is 2. The summed E-state index contributed by atoms with van der Waals surface area (Å²) in [4.78, 5) is 37.0. The Balaban J connectivity index is 1.56. The first-order chi connectivity index (χ1) is 16.9. The van der Waals surface area contributed by atoms with E-state index in [1.807, 2.05) is 18.2 Å². The summed E-state index contributed by atoms with van der Waals surface area (Å²) in [7, 11) is 0. The van der Waals surface area contributed by atoms with Crippen molar-refractivity contribution in [3.8, 4) is 0 Å². The highest BCUT2D eigenvalue weighted by Crippen LogP contribution is 2.57. The number of fused-ring (bicyclic) bond motifs is 5. The van der Waals surface area contributed by atoms with Gasteiger partial charge in [-0.25, -0.2) is 0 Å². The fraction of sp³-hybridized carbons (Fsp3) is 0.552. The Kier molecular flexibility index (Phi) is 8.09. The summed E-state index contributed by atoms with van der Waals surface area (Å²) in [5.74, 6) is 2.55. The van der Waals surface area contributed by atoms with E-state index in [1.165, 1.54) is 25.3 Å². The van der Waals surface area contributed by atoms with E-state index in [2.05, 4.69) is 36.6 Å². The van der Waals surface area contributed by atoms with Gasteiger partial charge in [0.05, 0.1) is 6.04 Å². The minimum atomic E-state index is -0.669. The van der Waals surface area contributed by atoms with Crippen LogP contribution in [0.2, 0.25) is 0 Å². The van der Waals surface area contributed by atoms with Gasteiger partial charge < -0.3 is 15.7 Å². The van der Waals surface area contributed by atoms with E-state index in [-0.39, 0.29) is 17.2 Å². The molecule has 1 saturated heterocycles. The van der Waals surface area contributed by atoms with Crippen molar-refractivity contribution in [1.82, 2.24) is 10.6 Å². The lowest BCUT2D eigenvalue weighted by Gasteiger charge is -2.27. The molecule has 4 rings (SSSR count). The molecule has 0 aromatic heterocycles. The molecule has 2 bridgehead atoms. The van der Waals surface area contributed by atoms with Crippen LogP contribution in [-0.4, -0.2) is 35.3 Å². The quantitative estimate of drug-likeness (QED) is 0.489. The minimum absolute atomic E-state index is 0.170. The van der Waals surface area contributed by atoms with Crippen LogP contribution in [-0.2, 0) is 14.4 Å². The zero-order chi connectivity index (χ0) is 24.9. The number of hydrogen-bond donors (Lipinski definition) is 3. The predicted molar refractivity (Wildman–Crippen MR) is 136 cm³/mol. The number of allylic oxidation sites excluding steroid dienone is 7. The first-order valence-electron chi connectivity index (χ1n) is 13.1. The van der Waals surface area contributed by atoms with Crippen molar-refractivity contribution >= 4 is 17.6 Å². The molecule has 2 aliphatic carbocycles. The highest BCUT2D eigenvalue weighted by atomic mass is 16.3. The van der Waals surface area contributed by atoms with E-state index >= 15 is 0 Å². The van der Waals surface area contributed by atoms with E-state index < -0.39 is 17.7 Å². The number of carbonyl (C=O) groups excluding carboxylic acids is 3. The Hall–Kier alpha value is -2.89. The molecule has 3 fully saturated rings. The van der Waals surface area contributed by atoms with Gasteiger partial charge in [-0.15, -0.1) is 0 Å². The molecule has 188 valence electrons. The number of carbonyl (C=O) groups is 3. The molecule has 2 saturated carbocycles. The highest BCUT2D eigenvalue weighted by molar-refractivity contribution is 6.27. The number of Topliss-reactive ketones (excluding diaryl/α,β-unsaturated/α-hetero) is 1. The smallest absolute Gasteiger partial charge is 0.259 e. The number of aliphatic hydroxyl groups excluding tert-OH is 1. The second-order valence-corrected chi connectivity index (χ2v) is 10.5. The summed E-state index contributed by atoms with van der Waals surface area (Å²) in [5.41, 5.74) is -0.185. The highest BCUT2D eigenvalue weighted by Gasteiger charge is 2.50.